The molecule has 0 N–H and O–H groups in total. The van der Waals surface area contributed by atoms with E-state index in [4.69, 9.17) is 0 Å². The number of hydrogen-bond donors (Lipinski definition) is 0. The van der Waals surface area contributed by atoms with Crippen molar-refractivity contribution in [2.75, 3.05) is 20.1 Å². The lowest BCUT2D eigenvalue weighted by Gasteiger charge is -2.26. The van der Waals surface area contributed by atoms with Crippen molar-refractivity contribution in [1.82, 2.24) is 4.90 Å². The molecule has 19 heavy (non-hydrogen) atoms. The molecule has 104 valence electrons. The van der Waals surface area contributed by atoms with Gasteiger partial charge in [0.05, 0.1) is 0 Å². The molecule has 0 heterocycles. The van der Waals surface area contributed by atoms with Gasteiger partial charge in [0.1, 0.15) is 11.6 Å². The minimum atomic E-state index is -0.161. The van der Waals surface area contributed by atoms with E-state index in [0.717, 1.165) is 50.8 Å². The first-order chi connectivity index (χ1) is 9.13. The van der Waals surface area contributed by atoms with Crippen LogP contribution < -0.4 is 0 Å². The van der Waals surface area contributed by atoms with E-state index >= 15 is 0 Å². The first kappa shape index (κ1) is 14.2. The van der Waals surface area contributed by atoms with E-state index in [1.807, 2.05) is 6.07 Å². The molecular weight excluding hydrogens is 241 g/mol. The minimum absolute atomic E-state index is 0.161. The highest BCUT2D eigenvalue weighted by molar-refractivity contribution is 5.79. The zero-order valence-corrected chi connectivity index (χ0v) is 11.6. The fourth-order valence-corrected chi connectivity index (χ4v) is 2.73. The van der Waals surface area contributed by atoms with E-state index in [2.05, 4.69) is 11.9 Å². The predicted octanol–water partition coefficient (Wildman–Crippen LogP) is 3.06. The van der Waals surface area contributed by atoms with Crippen molar-refractivity contribution < 1.29 is 9.18 Å². The van der Waals surface area contributed by atoms with Gasteiger partial charge in [-0.2, -0.15) is 0 Å². The molecule has 0 amide bonds. The van der Waals surface area contributed by atoms with Crippen LogP contribution in [0.5, 0.6) is 0 Å². The van der Waals surface area contributed by atoms with Crippen molar-refractivity contribution in [2.45, 2.75) is 32.1 Å². The molecule has 1 fully saturated rings. The summed E-state index contributed by atoms with van der Waals surface area (Å²) in [6.45, 7) is 1.98. The SMILES string of the molecule is CN(CCc1cccc(F)c1)CC1CCC(=O)CC1. The average Bonchev–Trinajstić information content (AvgIpc) is 2.39. The Morgan fingerprint density at radius 3 is 2.74 bits per heavy atom. The summed E-state index contributed by atoms with van der Waals surface area (Å²) in [4.78, 5) is 13.5. The molecule has 0 aliphatic heterocycles. The third kappa shape index (κ3) is 4.75. The minimum Gasteiger partial charge on any atom is -0.306 e. The quantitative estimate of drug-likeness (QED) is 0.813. The lowest BCUT2D eigenvalue weighted by Crippen LogP contribution is -2.30. The van der Waals surface area contributed by atoms with Crippen LogP contribution in [0.15, 0.2) is 24.3 Å². The summed E-state index contributed by atoms with van der Waals surface area (Å²) in [5, 5.41) is 0. The van der Waals surface area contributed by atoms with Crippen molar-refractivity contribution in [1.29, 1.82) is 0 Å². The van der Waals surface area contributed by atoms with Gasteiger partial charge >= 0.3 is 0 Å². The number of carbonyl (C=O) groups is 1. The summed E-state index contributed by atoms with van der Waals surface area (Å²) in [7, 11) is 2.11. The lowest BCUT2D eigenvalue weighted by atomic mass is 9.88. The number of ketones is 1. The number of rotatable bonds is 5. The van der Waals surface area contributed by atoms with Crippen LogP contribution in [0.4, 0.5) is 4.39 Å². The van der Waals surface area contributed by atoms with Crippen molar-refractivity contribution in [2.24, 2.45) is 5.92 Å². The smallest absolute Gasteiger partial charge is 0.132 e. The van der Waals surface area contributed by atoms with Crippen LogP contribution >= 0.6 is 0 Å². The molecule has 0 radical (unpaired) electrons. The maximum Gasteiger partial charge on any atom is 0.132 e. The Kier molecular flexibility index (Phi) is 5.08. The maximum atomic E-state index is 13.1. The summed E-state index contributed by atoms with van der Waals surface area (Å²) in [5.74, 6) is 0.903. The second-order valence-electron chi connectivity index (χ2n) is 5.62. The first-order valence-electron chi connectivity index (χ1n) is 7.08. The number of carbonyl (C=O) groups excluding carboxylic acids is 1. The molecule has 1 aromatic rings. The zero-order valence-electron chi connectivity index (χ0n) is 11.6. The van der Waals surface area contributed by atoms with Gasteiger partial charge in [-0.25, -0.2) is 4.39 Å². The molecule has 0 aromatic heterocycles. The molecule has 1 saturated carbocycles. The fraction of sp³-hybridized carbons (Fsp3) is 0.562. The molecule has 1 aliphatic carbocycles. The van der Waals surface area contributed by atoms with Gasteiger partial charge < -0.3 is 4.90 Å². The van der Waals surface area contributed by atoms with Crippen molar-refractivity contribution in [3.05, 3.63) is 35.6 Å². The van der Waals surface area contributed by atoms with E-state index in [1.165, 1.54) is 6.07 Å². The molecule has 0 unspecified atom stereocenters. The van der Waals surface area contributed by atoms with Gasteiger partial charge in [0, 0.05) is 25.9 Å². The van der Waals surface area contributed by atoms with Crippen LogP contribution in [0, 0.1) is 11.7 Å². The van der Waals surface area contributed by atoms with Crippen LogP contribution in [-0.2, 0) is 11.2 Å². The number of hydrogen-bond acceptors (Lipinski definition) is 2. The van der Waals surface area contributed by atoms with Gasteiger partial charge in [-0.15, -0.1) is 0 Å². The topological polar surface area (TPSA) is 20.3 Å². The van der Waals surface area contributed by atoms with Crippen molar-refractivity contribution in [3.8, 4) is 0 Å². The molecule has 0 spiro atoms. The van der Waals surface area contributed by atoms with Gasteiger partial charge in [-0.05, 0) is 49.9 Å². The molecule has 1 aromatic carbocycles. The van der Waals surface area contributed by atoms with Gasteiger partial charge in [0.2, 0.25) is 0 Å². The summed E-state index contributed by atoms with van der Waals surface area (Å²) in [6, 6.07) is 6.81. The van der Waals surface area contributed by atoms with E-state index in [0.29, 0.717) is 11.7 Å². The molecular formula is C16H22FNO. The third-order valence-electron chi connectivity index (χ3n) is 3.90. The Morgan fingerprint density at radius 2 is 2.05 bits per heavy atom. The molecule has 3 heteroatoms. The number of likely N-dealkylation sites (N-methyl/N-ethyl adjacent to an activating group) is 1. The summed E-state index contributed by atoms with van der Waals surface area (Å²) < 4.78 is 13.1. The number of nitrogens with zero attached hydrogens (tertiary/aromatic N) is 1. The van der Waals surface area contributed by atoms with E-state index < -0.39 is 0 Å². The van der Waals surface area contributed by atoms with Crippen LogP contribution in [0.2, 0.25) is 0 Å². The van der Waals surface area contributed by atoms with Crippen molar-refractivity contribution in [3.63, 3.8) is 0 Å². The third-order valence-corrected chi connectivity index (χ3v) is 3.90. The average molecular weight is 263 g/mol. The van der Waals surface area contributed by atoms with Gasteiger partial charge in [0.25, 0.3) is 0 Å². The van der Waals surface area contributed by atoms with Crippen LogP contribution in [0.1, 0.15) is 31.2 Å². The summed E-state index contributed by atoms with van der Waals surface area (Å²) in [6.07, 6.45) is 4.44. The molecule has 0 atom stereocenters. The Balaban J connectivity index is 1.72. The molecule has 0 saturated heterocycles. The Bertz CT molecular complexity index is 423. The number of Topliss-reactive ketones (excluding diaryl/α,β-unsaturated/α-hetero) is 1. The fourth-order valence-electron chi connectivity index (χ4n) is 2.73. The number of benzene rings is 1. The van der Waals surface area contributed by atoms with Gasteiger partial charge in [0.15, 0.2) is 0 Å². The number of halogens is 1. The van der Waals surface area contributed by atoms with Crippen LogP contribution in [0.25, 0.3) is 0 Å². The Hall–Kier alpha value is -1.22. The molecule has 0 bridgehead atoms. The zero-order chi connectivity index (χ0) is 13.7. The predicted molar refractivity (Wildman–Crippen MR) is 74.6 cm³/mol. The normalized spacial score (nSPS) is 17.1. The second-order valence-corrected chi connectivity index (χ2v) is 5.62. The van der Waals surface area contributed by atoms with Crippen molar-refractivity contribution >= 4 is 5.78 Å². The Labute approximate surface area is 114 Å². The largest absolute Gasteiger partial charge is 0.306 e. The standard InChI is InChI=1S/C16H22FNO/c1-18(12-14-5-7-16(19)8-6-14)10-9-13-3-2-4-15(17)11-13/h2-4,11,14H,5-10,12H2,1H3. The van der Waals surface area contributed by atoms with Crippen LogP contribution in [0.3, 0.4) is 0 Å². The van der Waals surface area contributed by atoms with Gasteiger partial charge in [-0.1, -0.05) is 12.1 Å². The lowest BCUT2D eigenvalue weighted by molar-refractivity contribution is -0.121. The van der Waals surface area contributed by atoms with E-state index in [-0.39, 0.29) is 5.82 Å². The first-order valence-corrected chi connectivity index (χ1v) is 7.08. The Morgan fingerprint density at radius 1 is 1.32 bits per heavy atom. The maximum absolute atomic E-state index is 13.1. The molecule has 2 nitrogen and oxygen atoms in total. The summed E-state index contributed by atoms with van der Waals surface area (Å²) in [5.41, 5.74) is 1.05. The summed E-state index contributed by atoms with van der Waals surface area (Å²) >= 11 is 0. The monoisotopic (exact) mass is 263 g/mol. The van der Waals surface area contributed by atoms with Crippen LogP contribution in [-0.4, -0.2) is 30.8 Å². The second kappa shape index (κ2) is 6.80. The molecule has 1 aliphatic rings. The van der Waals surface area contributed by atoms with E-state index in [1.54, 1.807) is 12.1 Å². The van der Waals surface area contributed by atoms with Gasteiger partial charge in [-0.3, -0.25) is 4.79 Å². The highest BCUT2D eigenvalue weighted by Gasteiger charge is 2.19. The molecule has 2 rings (SSSR count). The highest BCUT2D eigenvalue weighted by Crippen LogP contribution is 2.22. The van der Waals surface area contributed by atoms with E-state index in [9.17, 15) is 9.18 Å². The highest BCUT2D eigenvalue weighted by atomic mass is 19.1.